The van der Waals surface area contributed by atoms with E-state index in [-0.39, 0.29) is 6.61 Å². The minimum Gasteiger partial charge on any atom is -0.488 e. The summed E-state index contributed by atoms with van der Waals surface area (Å²) in [5.74, 6) is -0.477. The van der Waals surface area contributed by atoms with Gasteiger partial charge in [-0.15, -0.1) is 0 Å². The highest BCUT2D eigenvalue weighted by Crippen LogP contribution is 2.24. The van der Waals surface area contributed by atoms with Crippen molar-refractivity contribution < 1.29 is 14.3 Å². The van der Waals surface area contributed by atoms with Gasteiger partial charge in [0.2, 0.25) is 11.8 Å². The number of halogens is 3. The average molecular weight is 549 g/mol. The first-order valence-electron chi connectivity index (χ1n) is 9.85. The smallest absolute Gasteiger partial charge is 0.249 e. The highest BCUT2D eigenvalue weighted by molar-refractivity contribution is 9.10. The van der Waals surface area contributed by atoms with Crippen LogP contribution in [0.15, 0.2) is 70.2 Å². The Labute approximate surface area is 210 Å². The van der Waals surface area contributed by atoms with Crippen molar-refractivity contribution >= 4 is 62.8 Å². The molecule has 0 aliphatic heterocycles. The van der Waals surface area contributed by atoms with Crippen LogP contribution >= 0.6 is 39.1 Å². The van der Waals surface area contributed by atoms with E-state index < -0.39 is 18.2 Å². The van der Waals surface area contributed by atoms with Crippen LogP contribution in [0.25, 0.3) is 0 Å². The molecule has 0 unspecified atom stereocenters. The van der Waals surface area contributed by atoms with Gasteiger partial charge in [0.1, 0.15) is 18.8 Å². The molecule has 0 fully saturated rings. The molecule has 0 bridgehead atoms. The molecule has 0 radical (unpaired) electrons. The van der Waals surface area contributed by atoms with Crippen LogP contribution < -0.4 is 15.5 Å². The van der Waals surface area contributed by atoms with Crippen molar-refractivity contribution in [3.63, 3.8) is 0 Å². The number of carbonyl (C=O) groups is 2. The lowest BCUT2D eigenvalue weighted by atomic mass is 10.2. The van der Waals surface area contributed by atoms with Crippen LogP contribution in [0.2, 0.25) is 10.0 Å². The second-order valence-electron chi connectivity index (χ2n) is 7.04. The largest absolute Gasteiger partial charge is 0.488 e. The number of amides is 2. The van der Waals surface area contributed by atoms with E-state index in [1.165, 1.54) is 6.21 Å². The normalized spacial score (nSPS) is 10.8. The number of hydrogen-bond donors (Lipinski definition) is 2. The summed E-state index contributed by atoms with van der Waals surface area (Å²) in [7, 11) is 0. The number of hydrazone groups is 1. The van der Waals surface area contributed by atoms with Crippen molar-refractivity contribution in [3.05, 3.63) is 91.9 Å². The van der Waals surface area contributed by atoms with Crippen LogP contribution in [-0.2, 0) is 16.2 Å². The maximum Gasteiger partial charge on any atom is 0.249 e. The Bertz CT molecular complexity index is 1200. The third-order valence-electron chi connectivity index (χ3n) is 4.48. The molecule has 0 spiro atoms. The van der Waals surface area contributed by atoms with Gasteiger partial charge in [0.05, 0.1) is 6.21 Å². The lowest BCUT2D eigenvalue weighted by molar-refractivity contribution is -0.126. The van der Waals surface area contributed by atoms with Gasteiger partial charge < -0.3 is 10.1 Å². The lowest BCUT2D eigenvalue weighted by Gasteiger charge is -2.10. The molecule has 0 aliphatic carbocycles. The Kier molecular flexibility index (Phi) is 8.88. The lowest BCUT2D eigenvalue weighted by Crippen LogP contribution is -2.24. The molecule has 170 valence electrons. The molecule has 2 amide bonds. The number of nitrogens with one attached hydrogen (secondary N) is 2. The van der Waals surface area contributed by atoms with Crippen LogP contribution in [0.3, 0.4) is 0 Å². The standard InChI is InChI=1S/C24H20BrCl2N3O3/c1-15-6-8-19(11-21(15)27)29-23(31)12-24(32)30-28-13-17-10-18(25)7-9-22(17)33-14-16-4-2-3-5-20(16)26/h2-11,13H,12,14H2,1H3,(H,29,31)(H,30,32). The molecule has 0 saturated carbocycles. The molecular formula is C24H20BrCl2N3O3. The molecular weight excluding hydrogens is 529 g/mol. The highest BCUT2D eigenvalue weighted by Gasteiger charge is 2.10. The third-order valence-corrected chi connectivity index (χ3v) is 5.75. The highest BCUT2D eigenvalue weighted by atomic mass is 79.9. The summed E-state index contributed by atoms with van der Waals surface area (Å²) >= 11 is 15.6. The predicted octanol–water partition coefficient (Wildman–Crippen LogP) is 6.12. The van der Waals surface area contributed by atoms with Gasteiger partial charge in [0, 0.05) is 31.3 Å². The van der Waals surface area contributed by atoms with Crippen LogP contribution in [0, 0.1) is 6.92 Å². The van der Waals surface area contributed by atoms with Gasteiger partial charge in [-0.2, -0.15) is 5.10 Å². The summed E-state index contributed by atoms with van der Waals surface area (Å²) in [4.78, 5) is 24.2. The fourth-order valence-electron chi connectivity index (χ4n) is 2.76. The summed E-state index contributed by atoms with van der Waals surface area (Å²) in [6, 6.07) is 17.9. The molecule has 9 heteroatoms. The number of ether oxygens (including phenoxy) is 1. The second kappa shape index (κ2) is 11.8. The van der Waals surface area contributed by atoms with E-state index in [2.05, 4.69) is 31.8 Å². The van der Waals surface area contributed by atoms with Gasteiger partial charge in [-0.05, 0) is 48.9 Å². The quantitative estimate of drug-likeness (QED) is 0.202. The first-order chi connectivity index (χ1) is 15.8. The van der Waals surface area contributed by atoms with Crippen molar-refractivity contribution in [2.45, 2.75) is 20.0 Å². The molecule has 0 heterocycles. The van der Waals surface area contributed by atoms with Crippen LogP contribution in [-0.4, -0.2) is 18.0 Å². The zero-order chi connectivity index (χ0) is 23.8. The van der Waals surface area contributed by atoms with E-state index in [0.29, 0.717) is 27.0 Å². The Morgan fingerprint density at radius 1 is 1.03 bits per heavy atom. The van der Waals surface area contributed by atoms with E-state index in [0.717, 1.165) is 15.6 Å². The fraction of sp³-hybridized carbons (Fsp3) is 0.125. The molecule has 0 atom stereocenters. The monoisotopic (exact) mass is 547 g/mol. The number of nitrogens with zero attached hydrogens (tertiary/aromatic N) is 1. The van der Waals surface area contributed by atoms with Crippen molar-refractivity contribution in [1.29, 1.82) is 0 Å². The average Bonchev–Trinajstić information content (AvgIpc) is 2.76. The van der Waals surface area contributed by atoms with E-state index >= 15 is 0 Å². The summed E-state index contributed by atoms with van der Waals surface area (Å²) in [5.41, 5.74) is 5.24. The van der Waals surface area contributed by atoms with Gasteiger partial charge in [-0.1, -0.05) is 63.4 Å². The first-order valence-corrected chi connectivity index (χ1v) is 11.4. The SMILES string of the molecule is Cc1ccc(NC(=O)CC(=O)NN=Cc2cc(Br)ccc2OCc2ccccc2Cl)cc1Cl. The van der Waals surface area contributed by atoms with Crippen molar-refractivity contribution in [3.8, 4) is 5.75 Å². The van der Waals surface area contributed by atoms with Gasteiger partial charge in [-0.3, -0.25) is 9.59 Å². The van der Waals surface area contributed by atoms with E-state index in [1.807, 2.05) is 31.2 Å². The Hall–Kier alpha value is -2.87. The number of benzene rings is 3. The summed E-state index contributed by atoms with van der Waals surface area (Å²) in [6.07, 6.45) is 1.05. The molecule has 3 aromatic carbocycles. The zero-order valence-electron chi connectivity index (χ0n) is 17.6. The molecule has 0 aromatic heterocycles. The summed E-state index contributed by atoms with van der Waals surface area (Å²) < 4.78 is 6.70. The van der Waals surface area contributed by atoms with Gasteiger partial charge >= 0.3 is 0 Å². The molecule has 33 heavy (non-hydrogen) atoms. The van der Waals surface area contributed by atoms with Crippen LogP contribution in [0.4, 0.5) is 5.69 Å². The molecule has 2 N–H and O–H groups in total. The van der Waals surface area contributed by atoms with Crippen molar-refractivity contribution in [2.24, 2.45) is 5.10 Å². The number of anilines is 1. The summed E-state index contributed by atoms with van der Waals surface area (Å²) in [6.45, 7) is 2.13. The molecule has 3 rings (SSSR count). The summed E-state index contributed by atoms with van der Waals surface area (Å²) in [5, 5.41) is 7.72. The zero-order valence-corrected chi connectivity index (χ0v) is 20.7. The van der Waals surface area contributed by atoms with E-state index in [9.17, 15) is 9.59 Å². The Balaban J connectivity index is 1.57. The van der Waals surface area contributed by atoms with Crippen LogP contribution in [0.5, 0.6) is 5.75 Å². The van der Waals surface area contributed by atoms with Crippen molar-refractivity contribution in [2.75, 3.05) is 5.32 Å². The second-order valence-corrected chi connectivity index (χ2v) is 8.77. The molecule has 3 aromatic rings. The minimum atomic E-state index is -0.560. The maximum atomic E-state index is 12.1. The van der Waals surface area contributed by atoms with Crippen LogP contribution in [0.1, 0.15) is 23.1 Å². The topological polar surface area (TPSA) is 79.8 Å². The van der Waals surface area contributed by atoms with Crippen molar-refractivity contribution in [1.82, 2.24) is 5.43 Å². The predicted molar refractivity (Wildman–Crippen MR) is 135 cm³/mol. The minimum absolute atomic E-state index is 0.275. The Morgan fingerprint density at radius 3 is 2.58 bits per heavy atom. The van der Waals surface area contributed by atoms with Gasteiger partial charge in [0.15, 0.2) is 0 Å². The Morgan fingerprint density at radius 2 is 1.82 bits per heavy atom. The van der Waals surface area contributed by atoms with Gasteiger partial charge in [-0.25, -0.2) is 5.43 Å². The number of hydrogen-bond acceptors (Lipinski definition) is 4. The molecule has 0 saturated heterocycles. The number of carbonyl (C=O) groups excluding carboxylic acids is 2. The first kappa shape index (κ1) is 24.8. The molecule has 0 aliphatic rings. The number of aryl methyl sites for hydroxylation is 1. The maximum absolute atomic E-state index is 12.1. The fourth-order valence-corrected chi connectivity index (χ4v) is 3.51. The van der Waals surface area contributed by atoms with E-state index in [1.54, 1.807) is 36.4 Å². The third kappa shape index (κ3) is 7.60. The van der Waals surface area contributed by atoms with E-state index in [4.69, 9.17) is 27.9 Å². The van der Waals surface area contributed by atoms with Gasteiger partial charge in [0.25, 0.3) is 0 Å². The number of rotatable bonds is 8. The molecule has 6 nitrogen and oxygen atoms in total.